The van der Waals surface area contributed by atoms with Crippen LogP contribution in [0, 0.1) is 5.82 Å². The zero-order valence-corrected chi connectivity index (χ0v) is 8.50. The predicted molar refractivity (Wildman–Crippen MR) is 55.5 cm³/mol. The lowest BCUT2D eigenvalue weighted by atomic mass is 10.3. The number of benzene rings is 1. The molecule has 1 N–H and O–H groups in total. The van der Waals surface area contributed by atoms with Crippen molar-refractivity contribution in [3.63, 3.8) is 0 Å². The van der Waals surface area contributed by atoms with E-state index in [0.717, 1.165) is 6.20 Å². The number of rotatable bonds is 3. The first kappa shape index (κ1) is 11.0. The number of aromatic carboxylic acids is 1. The quantitative estimate of drug-likeness (QED) is 0.880. The summed E-state index contributed by atoms with van der Waals surface area (Å²) in [6, 6.07) is 5.17. The molecule has 0 radical (unpaired) electrons. The van der Waals surface area contributed by atoms with Crippen LogP contribution in [0.2, 0.25) is 0 Å². The van der Waals surface area contributed by atoms with E-state index in [2.05, 4.69) is 9.97 Å². The van der Waals surface area contributed by atoms with E-state index in [1.54, 1.807) is 0 Å². The molecule has 2 aromatic rings. The summed E-state index contributed by atoms with van der Waals surface area (Å²) < 4.78 is 17.9. The molecule has 5 nitrogen and oxygen atoms in total. The minimum atomic E-state index is -1.19. The van der Waals surface area contributed by atoms with Crippen molar-refractivity contribution >= 4 is 5.97 Å². The van der Waals surface area contributed by atoms with Crippen LogP contribution in [0.25, 0.3) is 0 Å². The van der Waals surface area contributed by atoms with E-state index in [1.807, 2.05) is 0 Å². The highest BCUT2D eigenvalue weighted by Crippen LogP contribution is 2.22. The zero-order valence-electron chi connectivity index (χ0n) is 8.50. The minimum absolute atomic E-state index is 0.0842. The Morgan fingerprint density at radius 1 is 1.29 bits per heavy atom. The van der Waals surface area contributed by atoms with Gasteiger partial charge >= 0.3 is 5.97 Å². The standard InChI is InChI=1S/C11H7FN2O3/c12-7-1-3-8(4-2-7)17-10-9(11(15)16)5-13-6-14-10/h1-6H,(H,15,16). The normalized spacial score (nSPS) is 9.94. The number of nitrogens with zero attached hydrogens (tertiary/aromatic N) is 2. The Morgan fingerprint density at radius 2 is 2.00 bits per heavy atom. The molecule has 0 amide bonds. The molecule has 86 valence electrons. The molecule has 1 aromatic heterocycles. The molecular formula is C11H7FN2O3. The van der Waals surface area contributed by atoms with Crippen molar-refractivity contribution in [3.8, 4) is 11.6 Å². The Labute approximate surface area is 95.5 Å². The summed E-state index contributed by atoms with van der Waals surface area (Å²) in [4.78, 5) is 18.1. The molecule has 0 aliphatic carbocycles. The third-order valence-electron chi connectivity index (χ3n) is 1.93. The third kappa shape index (κ3) is 2.54. The first-order valence-corrected chi connectivity index (χ1v) is 4.63. The van der Waals surface area contributed by atoms with Crippen LogP contribution >= 0.6 is 0 Å². The van der Waals surface area contributed by atoms with Gasteiger partial charge in [0.05, 0.1) is 0 Å². The summed E-state index contributed by atoms with van der Waals surface area (Å²) in [5, 5.41) is 8.87. The van der Waals surface area contributed by atoms with Gasteiger partial charge in [-0.05, 0) is 24.3 Å². The Bertz CT molecular complexity index is 543. The number of hydrogen-bond acceptors (Lipinski definition) is 4. The van der Waals surface area contributed by atoms with Gasteiger partial charge in [-0.25, -0.2) is 19.2 Å². The molecule has 1 aromatic carbocycles. The zero-order chi connectivity index (χ0) is 12.3. The van der Waals surface area contributed by atoms with Crippen LogP contribution < -0.4 is 4.74 Å². The van der Waals surface area contributed by atoms with Crippen LogP contribution in [-0.4, -0.2) is 21.0 Å². The van der Waals surface area contributed by atoms with Gasteiger partial charge in [0.25, 0.3) is 0 Å². The predicted octanol–water partition coefficient (Wildman–Crippen LogP) is 2.11. The molecule has 0 spiro atoms. The van der Waals surface area contributed by atoms with Gasteiger partial charge in [-0.15, -0.1) is 0 Å². The number of carboxylic acids is 1. The second-order valence-electron chi connectivity index (χ2n) is 3.10. The van der Waals surface area contributed by atoms with Crippen molar-refractivity contribution in [2.75, 3.05) is 0 Å². The fourth-order valence-electron chi connectivity index (χ4n) is 1.16. The van der Waals surface area contributed by atoms with Crippen molar-refractivity contribution in [1.29, 1.82) is 0 Å². The average molecular weight is 234 g/mol. The fraction of sp³-hybridized carbons (Fsp3) is 0. The van der Waals surface area contributed by atoms with Gasteiger partial charge in [0, 0.05) is 6.20 Å². The summed E-state index contributed by atoms with van der Waals surface area (Å²) in [5.41, 5.74) is -0.156. The lowest BCUT2D eigenvalue weighted by Gasteiger charge is -2.06. The van der Waals surface area contributed by atoms with Crippen molar-refractivity contribution in [2.45, 2.75) is 0 Å². The van der Waals surface area contributed by atoms with Crippen molar-refractivity contribution in [3.05, 3.63) is 48.2 Å². The van der Waals surface area contributed by atoms with E-state index in [-0.39, 0.29) is 11.4 Å². The van der Waals surface area contributed by atoms with Crippen molar-refractivity contribution < 1.29 is 19.0 Å². The monoisotopic (exact) mass is 234 g/mol. The van der Waals surface area contributed by atoms with E-state index >= 15 is 0 Å². The van der Waals surface area contributed by atoms with Gasteiger partial charge < -0.3 is 9.84 Å². The van der Waals surface area contributed by atoms with Crippen LogP contribution in [0.1, 0.15) is 10.4 Å². The second kappa shape index (κ2) is 4.56. The van der Waals surface area contributed by atoms with Gasteiger partial charge in [-0.1, -0.05) is 0 Å². The van der Waals surface area contributed by atoms with Crippen LogP contribution in [0.4, 0.5) is 4.39 Å². The maximum absolute atomic E-state index is 12.7. The van der Waals surface area contributed by atoms with Crippen LogP contribution in [-0.2, 0) is 0 Å². The van der Waals surface area contributed by atoms with Gasteiger partial charge in [0.15, 0.2) is 0 Å². The number of carbonyl (C=O) groups is 1. The number of halogens is 1. The molecule has 0 fully saturated rings. The van der Waals surface area contributed by atoms with E-state index in [4.69, 9.17) is 9.84 Å². The summed E-state index contributed by atoms with van der Waals surface area (Å²) >= 11 is 0. The smallest absolute Gasteiger partial charge is 0.342 e. The lowest BCUT2D eigenvalue weighted by molar-refractivity contribution is 0.0693. The van der Waals surface area contributed by atoms with Gasteiger partial charge in [-0.3, -0.25) is 0 Å². The van der Waals surface area contributed by atoms with Gasteiger partial charge in [0.1, 0.15) is 23.5 Å². The highest BCUT2D eigenvalue weighted by Gasteiger charge is 2.13. The van der Waals surface area contributed by atoms with Crippen molar-refractivity contribution in [2.24, 2.45) is 0 Å². The first-order chi connectivity index (χ1) is 8.16. The Kier molecular flexibility index (Phi) is 2.95. The maximum atomic E-state index is 12.7. The number of ether oxygens (including phenoxy) is 1. The number of aromatic nitrogens is 2. The van der Waals surface area contributed by atoms with Crippen LogP contribution in [0.5, 0.6) is 11.6 Å². The molecule has 1 heterocycles. The second-order valence-corrected chi connectivity index (χ2v) is 3.10. The largest absolute Gasteiger partial charge is 0.477 e. The van der Waals surface area contributed by atoms with E-state index in [1.165, 1.54) is 30.6 Å². The summed E-state index contributed by atoms with van der Waals surface area (Å²) in [6.45, 7) is 0. The average Bonchev–Trinajstić information content (AvgIpc) is 2.32. The van der Waals surface area contributed by atoms with E-state index in [0.29, 0.717) is 5.75 Å². The van der Waals surface area contributed by atoms with Gasteiger partial charge in [-0.2, -0.15) is 0 Å². The molecule has 0 unspecified atom stereocenters. The highest BCUT2D eigenvalue weighted by molar-refractivity contribution is 5.89. The Balaban J connectivity index is 2.30. The minimum Gasteiger partial charge on any atom is -0.477 e. The molecule has 2 rings (SSSR count). The number of hydrogen-bond donors (Lipinski definition) is 1. The summed E-state index contributed by atoms with van der Waals surface area (Å²) in [6.07, 6.45) is 2.31. The first-order valence-electron chi connectivity index (χ1n) is 4.63. The maximum Gasteiger partial charge on any atom is 0.342 e. The van der Waals surface area contributed by atoms with E-state index < -0.39 is 11.8 Å². The third-order valence-corrected chi connectivity index (χ3v) is 1.93. The van der Waals surface area contributed by atoms with E-state index in [9.17, 15) is 9.18 Å². The molecule has 6 heteroatoms. The van der Waals surface area contributed by atoms with Crippen LogP contribution in [0.15, 0.2) is 36.8 Å². The van der Waals surface area contributed by atoms with Crippen molar-refractivity contribution in [1.82, 2.24) is 9.97 Å². The molecule has 0 bridgehead atoms. The van der Waals surface area contributed by atoms with Crippen LogP contribution in [0.3, 0.4) is 0 Å². The molecule has 0 atom stereocenters. The fourth-order valence-corrected chi connectivity index (χ4v) is 1.16. The van der Waals surface area contributed by atoms with Gasteiger partial charge in [0.2, 0.25) is 5.88 Å². The molecular weight excluding hydrogens is 227 g/mol. The lowest BCUT2D eigenvalue weighted by Crippen LogP contribution is -2.02. The Morgan fingerprint density at radius 3 is 2.65 bits per heavy atom. The SMILES string of the molecule is O=C(O)c1cncnc1Oc1ccc(F)cc1. The summed E-state index contributed by atoms with van der Waals surface area (Å²) in [5.74, 6) is -1.38. The molecule has 0 saturated heterocycles. The summed E-state index contributed by atoms with van der Waals surface area (Å²) in [7, 11) is 0. The molecule has 0 aliphatic heterocycles. The molecule has 17 heavy (non-hydrogen) atoms. The number of carboxylic acid groups (broad SMARTS) is 1. The molecule has 0 aliphatic rings. The Hall–Kier alpha value is -2.50. The highest BCUT2D eigenvalue weighted by atomic mass is 19.1. The molecule has 0 saturated carbocycles. The topological polar surface area (TPSA) is 72.3 Å².